The molecule has 0 atom stereocenters. The largest absolute Gasteiger partial charge is 0.481 e. The van der Waals surface area contributed by atoms with Gasteiger partial charge in [-0.05, 0) is 36.4 Å². The van der Waals surface area contributed by atoms with Gasteiger partial charge in [0, 0.05) is 26.1 Å². The lowest BCUT2D eigenvalue weighted by molar-refractivity contribution is -0.136. The van der Waals surface area contributed by atoms with Crippen molar-refractivity contribution in [3.8, 4) is 0 Å². The van der Waals surface area contributed by atoms with Crippen LogP contribution >= 0.6 is 24.4 Å². The molecule has 25 heavy (non-hydrogen) atoms. The molecule has 1 rings (SSSR count). The molecule has 0 heterocycles. The van der Waals surface area contributed by atoms with E-state index in [4.69, 9.17) is 29.5 Å². The van der Waals surface area contributed by atoms with E-state index in [-0.39, 0.29) is 6.42 Å². The molecule has 10 heteroatoms. The van der Waals surface area contributed by atoms with Crippen molar-refractivity contribution in [3.63, 3.8) is 0 Å². The minimum atomic E-state index is -0.824. The molecule has 0 aromatic heterocycles. The summed E-state index contributed by atoms with van der Waals surface area (Å²) in [6, 6.07) is 7.37. The molecule has 5 N–H and O–H groups in total. The van der Waals surface area contributed by atoms with Gasteiger partial charge in [0.1, 0.15) is 5.71 Å². The summed E-state index contributed by atoms with van der Waals surface area (Å²) >= 11 is 9.95. The Balaban J connectivity index is 2.91. The Kier molecular flexibility index (Phi) is 9.04. The van der Waals surface area contributed by atoms with Gasteiger partial charge in [0.05, 0.1) is 6.21 Å². The summed E-state index contributed by atoms with van der Waals surface area (Å²) in [5, 5.41) is 23.2. The molecule has 1 aromatic carbocycles. The molecule has 0 aliphatic carbocycles. The lowest BCUT2D eigenvalue weighted by Gasteiger charge is -2.06. The summed E-state index contributed by atoms with van der Waals surface area (Å²) in [5.41, 5.74) is 7.58. The molecule has 0 aliphatic heterocycles. The third-order valence-electron chi connectivity index (χ3n) is 2.96. The fraction of sp³-hybridized carbons (Fsp3) is 0.267. The van der Waals surface area contributed by atoms with E-state index in [1.807, 2.05) is 24.3 Å². The quantitative estimate of drug-likeness (QED) is 0.265. The average Bonchev–Trinajstić information content (AvgIpc) is 2.62. The molecule has 0 fully saturated rings. The predicted octanol–water partition coefficient (Wildman–Crippen LogP) is 0.582. The molecule has 1 aromatic rings. The number of rotatable bonds is 7. The Hall–Kier alpha value is -2.59. The second-order valence-electron chi connectivity index (χ2n) is 4.73. The minimum absolute atomic E-state index is 0.0884. The first-order valence-electron chi connectivity index (χ1n) is 7.33. The van der Waals surface area contributed by atoms with Crippen molar-refractivity contribution in [1.29, 1.82) is 0 Å². The number of aliphatic carboxylic acids is 1. The number of carbonyl (C=O) groups is 1. The molecule has 0 aliphatic rings. The summed E-state index contributed by atoms with van der Waals surface area (Å²) in [6.07, 6.45) is 2.06. The van der Waals surface area contributed by atoms with E-state index in [0.717, 1.165) is 11.1 Å². The van der Waals surface area contributed by atoms with E-state index in [9.17, 15) is 4.79 Å². The average molecular weight is 380 g/mol. The highest BCUT2D eigenvalue weighted by atomic mass is 32.1. The number of nitrogens with one attached hydrogen (secondary N) is 4. The number of carboxylic acid groups (broad SMARTS) is 1. The van der Waals surface area contributed by atoms with Crippen LogP contribution in [0.2, 0.25) is 0 Å². The van der Waals surface area contributed by atoms with E-state index in [0.29, 0.717) is 22.4 Å². The van der Waals surface area contributed by atoms with Crippen molar-refractivity contribution < 1.29 is 9.90 Å². The number of hydrogen-bond acceptors (Lipinski definition) is 5. The Morgan fingerprint density at radius 3 is 2.28 bits per heavy atom. The van der Waals surface area contributed by atoms with Crippen LogP contribution < -0.4 is 21.5 Å². The second kappa shape index (κ2) is 11.0. The van der Waals surface area contributed by atoms with Crippen LogP contribution in [0.15, 0.2) is 34.5 Å². The van der Waals surface area contributed by atoms with Gasteiger partial charge in [-0.25, -0.2) is 0 Å². The van der Waals surface area contributed by atoms with Crippen molar-refractivity contribution in [2.24, 2.45) is 10.2 Å². The normalized spacial score (nSPS) is 11.0. The minimum Gasteiger partial charge on any atom is -0.481 e. The van der Waals surface area contributed by atoms with Gasteiger partial charge in [-0.3, -0.25) is 15.6 Å². The van der Waals surface area contributed by atoms with E-state index < -0.39 is 5.97 Å². The first kappa shape index (κ1) is 20.5. The highest BCUT2D eigenvalue weighted by Gasteiger charge is 2.04. The molecule has 0 spiro atoms. The molecule has 134 valence electrons. The molecule has 0 saturated carbocycles. The van der Waals surface area contributed by atoms with Gasteiger partial charge in [0.2, 0.25) is 0 Å². The molecule has 0 amide bonds. The van der Waals surface area contributed by atoms with Crippen molar-refractivity contribution in [3.05, 3.63) is 35.4 Å². The first-order chi connectivity index (χ1) is 12.0. The Morgan fingerprint density at radius 2 is 1.72 bits per heavy atom. The van der Waals surface area contributed by atoms with Crippen molar-refractivity contribution in [2.45, 2.75) is 12.8 Å². The van der Waals surface area contributed by atoms with Gasteiger partial charge in [-0.15, -0.1) is 0 Å². The maximum Gasteiger partial charge on any atom is 0.303 e. The lowest BCUT2D eigenvalue weighted by Crippen LogP contribution is -2.30. The van der Waals surface area contributed by atoms with Crippen LogP contribution in [0.3, 0.4) is 0 Å². The Morgan fingerprint density at radius 1 is 1.12 bits per heavy atom. The summed E-state index contributed by atoms with van der Waals surface area (Å²) in [4.78, 5) is 10.6. The number of benzene rings is 1. The number of nitrogens with zero attached hydrogens (tertiary/aromatic N) is 2. The van der Waals surface area contributed by atoms with Gasteiger partial charge in [-0.1, -0.05) is 24.3 Å². The zero-order valence-corrected chi connectivity index (χ0v) is 15.5. The third kappa shape index (κ3) is 8.18. The molecule has 0 radical (unpaired) electrons. The molecular weight excluding hydrogens is 360 g/mol. The molecule has 0 unspecified atom stereocenters. The zero-order chi connectivity index (χ0) is 18.7. The number of aryl methyl sites for hydroxylation is 1. The van der Waals surface area contributed by atoms with E-state index >= 15 is 0 Å². The lowest BCUT2D eigenvalue weighted by atomic mass is 10.1. The van der Waals surface area contributed by atoms with Gasteiger partial charge >= 0.3 is 5.97 Å². The van der Waals surface area contributed by atoms with Gasteiger partial charge < -0.3 is 15.7 Å². The van der Waals surface area contributed by atoms with Crippen LogP contribution in [-0.4, -0.2) is 47.3 Å². The summed E-state index contributed by atoms with van der Waals surface area (Å²) < 4.78 is 0. The molecular formula is C15H20N6O2S2. The van der Waals surface area contributed by atoms with Crippen LogP contribution in [-0.2, 0) is 11.2 Å². The molecule has 0 saturated heterocycles. The number of thiocarbonyl (C=S) groups is 2. The van der Waals surface area contributed by atoms with Gasteiger partial charge in [0.15, 0.2) is 10.2 Å². The van der Waals surface area contributed by atoms with Crippen LogP contribution in [0.1, 0.15) is 17.5 Å². The SMILES string of the molecule is CNC(=S)NN=CC(=NNC(=S)NC)c1ccc(CCC(=O)O)cc1. The zero-order valence-electron chi connectivity index (χ0n) is 13.9. The molecule has 0 bridgehead atoms. The smallest absolute Gasteiger partial charge is 0.303 e. The van der Waals surface area contributed by atoms with Crippen molar-refractivity contribution >= 4 is 52.6 Å². The Bertz CT molecular complexity index is 673. The summed E-state index contributed by atoms with van der Waals surface area (Å²) in [5.74, 6) is -0.824. The maximum absolute atomic E-state index is 10.6. The number of hydrazone groups is 2. The topological polar surface area (TPSA) is 110 Å². The van der Waals surface area contributed by atoms with E-state index in [2.05, 4.69) is 31.7 Å². The fourth-order valence-corrected chi connectivity index (χ4v) is 1.73. The van der Waals surface area contributed by atoms with Crippen molar-refractivity contribution in [1.82, 2.24) is 21.5 Å². The highest BCUT2D eigenvalue weighted by Crippen LogP contribution is 2.07. The van der Waals surface area contributed by atoms with Crippen LogP contribution in [0, 0.1) is 0 Å². The van der Waals surface area contributed by atoms with Crippen LogP contribution in [0.4, 0.5) is 0 Å². The summed E-state index contributed by atoms with van der Waals surface area (Å²) in [6.45, 7) is 0. The van der Waals surface area contributed by atoms with Crippen LogP contribution in [0.5, 0.6) is 0 Å². The van der Waals surface area contributed by atoms with Crippen molar-refractivity contribution in [2.75, 3.05) is 14.1 Å². The maximum atomic E-state index is 10.6. The number of carboxylic acids is 1. The van der Waals surface area contributed by atoms with Gasteiger partial charge in [-0.2, -0.15) is 10.2 Å². The number of hydrogen-bond donors (Lipinski definition) is 5. The highest BCUT2D eigenvalue weighted by molar-refractivity contribution is 7.80. The molecule has 8 nitrogen and oxygen atoms in total. The standard InChI is InChI=1S/C15H20N6O2S2/c1-16-14(24)20-18-9-12(19-21-15(25)17-2)11-6-3-10(4-7-11)5-8-13(22)23/h3-4,6-7,9H,5,8H2,1-2H3,(H,22,23)(H2,16,20,24)(H2,17,21,25). The predicted molar refractivity (Wildman–Crippen MR) is 107 cm³/mol. The fourth-order valence-electron chi connectivity index (χ4n) is 1.64. The van der Waals surface area contributed by atoms with Gasteiger partial charge in [0.25, 0.3) is 0 Å². The summed E-state index contributed by atoms with van der Waals surface area (Å²) in [7, 11) is 3.37. The Labute approximate surface area is 156 Å². The van der Waals surface area contributed by atoms with E-state index in [1.165, 1.54) is 6.21 Å². The first-order valence-corrected chi connectivity index (χ1v) is 8.15. The van der Waals surface area contributed by atoms with Crippen LogP contribution in [0.25, 0.3) is 0 Å². The third-order valence-corrected chi connectivity index (χ3v) is 3.55. The van der Waals surface area contributed by atoms with E-state index in [1.54, 1.807) is 14.1 Å². The monoisotopic (exact) mass is 380 g/mol. The second-order valence-corrected chi connectivity index (χ2v) is 5.54.